The van der Waals surface area contributed by atoms with Crippen molar-refractivity contribution in [3.05, 3.63) is 46.4 Å². The number of rotatable bonds is 11. The lowest BCUT2D eigenvalue weighted by molar-refractivity contribution is 0.192. The maximum absolute atomic E-state index is 10.5. The summed E-state index contributed by atoms with van der Waals surface area (Å²) in [6.45, 7) is 1.15. The molecule has 0 bridgehead atoms. The third-order valence-electron chi connectivity index (χ3n) is 3.93. The van der Waals surface area contributed by atoms with Crippen LogP contribution in [-0.4, -0.2) is 48.7 Å². The lowest BCUT2D eigenvalue weighted by Gasteiger charge is -2.15. The lowest BCUT2D eigenvalue weighted by atomic mass is 10.0. The summed E-state index contributed by atoms with van der Waals surface area (Å²) in [5.74, 6) is 0.929. The van der Waals surface area contributed by atoms with E-state index in [9.17, 15) is 9.59 Å². The molecule has 0 atom stereocenters. The standard InChI is InChI=1S/C20H22Cl2N2O6/c21-17-13(5-1-7-15(17)29-11-3-9-23-19(25)26)14-6-2-8-16(18(14)22)30-12-4-10-24-20(27)28/h1-2,5-8,23-24H,3-4,9-12H2,(H,25,26)(H,27,28). The molecule has 0 aliphatic heterocycles. The van der Waals surface area contributed by atoms with Crippen molar-refractivity contribution >= 4 is 35.4 Å². The van der Waals surface area contributed by atoms with Crippen molar-refractivity contribution < 1.29 is 29.3 Å². The van der Waals surface area contributed by atoms with Gasteiger partial charge in [-0.25, -0.2) is 9.59 Å². The lowest BCUT2D eigenvalue weighted by Crippen LogP contribution is -2.23. The number of carboxylic acid groups (broad SMARTS) is 2. The number of hydrogen-bond acceptors (Lipinski definition) is 4. The minimum atomic E-state index is -1.08. The van der Waals surface area contributed by atoms with Crippen molar-refractivity contribution in [2.75, 3.05) is 26.3 Å². The summed E-state index contributed by atoms with van der Waals surface area (Å²) in [6, 6.07) is 10.6. The molecular formula is C20H22Cl2N2O6. The topological polar surface area (TPSA) is 117 Å². The fourth-order valence-electron chi connectivity index (χ4n) is 2.56. The SMILES string of the molecule is O=C(O)NCCCOc1cccc(-c2cccc(OCCCNC(=O)O)c2Cl)c1Cl. The van der Waals surface area contributed by atoms with Crippen LogP contribution in [-0.2, 0) is 0 Å². The molecule has 2 amide bonds. The fraction of sp³-hybridized carbons (Fsp3) is 0.300. The third kappa shape index (κ3) is 7.20. The Balaban J connectivity index is 2.04. The van der Waals surface area contributed by atoms with Gasteiger partial charge in [0.25, 0.3) is 0 Å². The summed E-state index contributed by atoms with van der Waals surface area (Å²) >= 11 is 13.0. The molecule has 0 heterocycles. The molecule has 0 fully saturated rings. The van der Waals surface area contributed by atoms with Crippen molar-refractivity contribution in [2.45, 2.75) is 12.8 Å². The molecule has 2 aromatic rings. The first-order chi connectivity index (χ1) is 14.4. The zero-order valence-electron chi connectivity index (χ0n) is 16.0. The molecule has 4 N–H and O–H groups in total. The average Bonchev–Trinajstić information content (AvgIpc) is 2.69. The summed E-state index contributed by atoms with van der Waals surface area (Å²) in [5, 5.41) is 22.4. The molecule has 0 unspecified atom stereocenters. The first-order valence-corrected chi connectivity index (χ1v) is 9.92. The van der Waals surface area contributed by atoms with Gasteiger partial charge in [-0.05, 0) is 25.0 Å². The van der Waals surface area contributed by atoms with Gasteiger partial charge in [-0.1, -0.05) is 47.5 Å². The molecule has 8 nitrogen and oxygen atoms in total. The second kappa shape index (κ2) is 12.0. The molecule has 0 saturated carbocycles. The van der Waals surface area contributed by atoms with E-state index in [-0.39, 0.29) is 13.1 Å². The van der Waals surface area contributed by atoms with Crippen LogP contribution in [0.2, 0.25) is 10.0 Å². The zero-order valence-corrected chi connectivity index (χ0v) is 17.5. The monoisotopic (exact) mass is 456 g/mol. The van der Waals surface area contributed by atoms with Gasteiger partial charge >= 0.3 is 12.2 Å². The van der Waals surface area contributed by atoms with Gasteiger partial charge in [0.15, 0.2) is 0 Å². The van der Waals surface area contributed by atoms with Gasteiger partial charge in [-0.2, -0.15) is 0 Å². The maximum Gasteiger partial charge on any atom is 0.404 e. The van der Waals surface area contributed by atoms with Gasteiger partial charge in [0.1, 0.15) is 11.5 Å². The van der Waals surface area contributed by atoms with E-state index in [1.807, 2.05) is 12.1 Å². The molecule has 2 aromatic carbocycles. The Bertz CT molecular complexity index is 807. The predicted molar refractivity (Wildman–Crippen MR) is 114 cm³/mol. The number of hydrogen-bond donors (Lipinski definition) is 4. The van der Waals surface area contributed by atoms with E-state index in [1.165, 1.54) is 0 Å². The Morgan fingerprint density at radius 1 is 0.767 bits per heavy atom. The van der Waals surface area contributed by atoms with Gasteiger partial charge in [0, 0.05) is 24.2 Å². The average molecular weight is 457 g/mol. The molecule has 0 aliphatic rings. The minimum Gasteiger partial charge on any atom is -0.492 e. The van der Waals surface area contributed by atoms with Gasteiger partial charge in [-0.3, -0.25) is 0 Å². The summed E-state index contributed by atoms with van der Waals surface area (Å²) < 4.78 is 11.3. The predicted octanol–water partition coefficient (Wildman–Crippen LogP) is 4.73. The normalized spacial score (nSPS) is 10.3. The largest absolute Gasteiger partial charge is 0.492 e. The third-order valence-corrected chi connectivity index (χ3v) is 4.71. The molecule has 0 spiro atoms. The highest BCUT2D eigenvalue weighted by molar-refractivity contribution is 6.38. The van der Waals surface area contributed by atoms with Gasteiger partial charge < -0.3 is 30.3 Å². The van der Waals surface area contributed by atoms with Crippen LogP contribution in [0, 0.1) is 0 Å². The van der Waals surface area contributed by atoms with E-state index in [0.717, 1.165) is 0 Å². The van der Waals surface area contributed by atoms with Crippen LogP contribution < -0.4 is 20.1 Å². The molecule has 30 heavy (non-hydrogen) atoms. The number of carbonyl (C=O) groups is 2. The first kappa shape index (κ1) is 23.4. The van der Waals surface area contributed by atoms with Crippen LogP contribution in [0.1, 0.15) is 12.8 Å². The smallest absolute Gasteiger partial charge is 0.404 e. The van der Waals surface area contributed by atoms with Crippen LogP contribution >= 0.6 is 23.2 Å². The number of amides is 2. The van der Waals surface area contributed by atoms with Crippen molar-refractivity contribution in [3.63, 3.8) is 0 Å². The summed E-state index contributed by atoms with van der Waals surface area (Å²) in [7, 11) is 0. The Kier molecular flexibility index (Phi) is 9.37. The Hall–Kier alpha value is -2.84. The Morgan fingerprint density at radius 2 is 1.17 bits per heavy atom. The second-order valence-corrected chi connectivity index (χ2v) is 6.86. The van der Waals surface area contributed by atoms with Crippen molar-refractivity contribution in [3.8, 4) is 22.6 Å². The Labute approximate surface area is 183 Å². The zero-order chi connectivity index (χ0) is 21.9. The quantitative estimate of drug-likeness (QED) is 0.363. The number of benzene rings is 2. The fourth-order valence-corrected chi connectivity index (χ4v) is 3.12. The Morgan fingerprint density at radius 3 is 1.53 bits per heavy atom. The van der Waals surface area contributed by atoms with Crippen LogP contribution in [0.5, 0.6) is 11.5 Å². The van der Waals surface area contributed by atoms with E-state index in [0.29, 0.717) is 58.7 Å². The highest BCUT2D eigenvalue weighted by atomic mass is 35.5. The van der Waals surface area contributed by atoms with E-state index in [1.54, 1.807) is 24.3 Å². The molecule has 0 aromatic heterocycles. The van der Waals surface area contributed by atoms with Crippen LogP contribution in [0.15, 0.2) is 36.4 Å². The summed E-state index contributed by atoms with van der Waals surface area (Å²) in [5.41, 5.74) is 1.33. The van der Waals surface area contributed by atoms with Crippen molar-refractivity contribution in [1.29, 1.82) is 0 Å². The molecule has 162 valence electrons. The number of ether oxygens (including phenoxy) is 2. The van der Waals surface area contributed by atoms with Crippen molar-refractivity contribution in [2.24, 2.45) is 0 Å². The summed E-state index contributed by atoms with van der Waals surface area (Å²) in [4.78, 5) is 20.9. The molecular weight excluding hydrogens is 435 g/mol. The van der Waals surface area contributed by atoms with Crippen LogP contribution in [0.25, 0.3) is 11.1 Å². The molecule has 0 aliphatic carbocycles. The highest BCUT2D eigenvalue weighted by Gasteiger charge is 2.15. The molecule has 0 saturated heterocycles. The van der Waals surface area contributed by atoms with E-state index >= 15 is 0 Å². The molecule has 10 heteroatoms. The van der Waals surface area contributed by atoms with Crippen LogP contribution in [0.4, 0.5) is 9.59 Å². The number of halogens is 2. The van der Waals surface area contributed by atoms with Crippen LogP contribution in [0.3, 0.4) is 0 Å². The second-order valence-electron chi connectivity index (χ2n) is 6.10. The van der Waals surface area contributed by atoms with E-state index in [4.69, 9.17) is 42.9 Å². The van der Waals surface area contributed by atoms with Gasteiger partial charge in [0.2, 0.25) is 0 Å². The summed E-state index contributed by atoms with van der Waals surface area (Å²) in [6.07, 6.45) is -1.17. The number of nitrogens with one attached hydrogen (secondary N) is 2. The first-order valence-electron chi connectivity index (χ1n) is 9.16. The van der Waals surface area contributed by atoms with E-state index in [2.05, 4.69) is 10.6 Å². The minimum absolute atomic E-state index is 0.278. The maximum atomic E-state index is 10.5. The molecule has 0 radical (unpaired) electrons. The molecule has 2 rings (SSSR count). The van der Waals surface area contributed by atoms with E-state index < -0.39 is 12.2 Å². The highest BCUT2D eigenvalue weighted by Crippen LogP contribution is 2.41. The van der Waals surface area contributed by atoms with Gasteiger partial charge in [0.05, 0.1) is 23.3 Å². The van der Waals surface area contributed by atoms with Gasteiger partial charge in [-0.15, -0.1) is 0 Å². The van der Waals surface area contributed by atoms with Crippen molar-refractivity contribution in [1.82, 2.24) is 10.6 Å².